The summed E-state index contributed by atoms with van der Waals surface area (Å²) in [6.45, 7) is 1.93. The van der Waals surface area contributed by atoms with Crippen LogP contribution in [0.25, 0.3) is 0 Å². The number of benzene rings is 1. The van der Waals surface area contributed by atoms with Gasteiger partial charge in [-0.25, -0.2) is 9.37 Å². The molecule has 2 aromatic rings. The minimum Gasteiger partial charge on any atom is -0.439 e. The van der Waals surface area contributed by atoms with E-state index in [9.17, 15) is 4.39 Å². The van der Waals surface area contributed by atoms with Crippen LogP contribution < -0.4 is 9.64 Å². The molecule has 0 radical (unpaired) electrons. The molecule has 1 aliphatic heterocycles. The van der Waals surface area contributed by atoms with E-state index < -0.39 is 0 Å². The molecule has 0 amide bonds. The van der Waals surface area contributed by atoms with Gasteiger partial charge < -0.3 is 9.64 Å². The molecule has 1 aromatic heterocycles. The van der Waals surface area contributed by atoms with E-state index in [1.54, 1.807) is 24.4 Å². The van der Waals surface area contributed by atoms with E-state index >= 15 is 0 Å². The van der Waals surface area contributed by atoms with Crippen LogP contribution in [0.3, 0.4) is 0 Å². The van der Waals surface area contributed by atoms with Crippen molar-refractivity contribution in [2.45, 2.75) is 24.5 Å². The molecule has 3 rings (SSSR count). The van der Waals surface area contributed by atoms with Gasteiger partial charge in [-0.1, -0.05) is 6.42 Å². The Morgan fingerprint density at radius 2 is 2.04 bits per heavy atom. The Kier molecular flexibility index (Phi) is 5.33. The molecule has 1 unspecified atom stereocenters. The molecule has 1 aliphatic rings. The fraction of sp³-hybridized carbons (Fsp3) is 0.412. The predicted octanol–water partition coefficient (Wildman–Crippen LogP) is 4.13. The molecule has 23 heavy (non-hydrogen) atoms. The first-order valence-corrected chi connectivity index (χ1v) is 9.07. The lowest BCUT2D eigenvalue weighted by molar-refractivity contribution is 0.459. The highest BCUT2D eigenvalue weighted by atomic mass is 32.2. The average molecular weight is 333 g/mol. The van der Waals surface area contributed by atoms with E-state index in [1.165, 1.54) is 25.0 Å². The standard InChI is InChI=1S/C17H20FN3OS/c1-23-15-4-2-3-11-21(12-15)17-19-10-9-16(20-17)22-14-7-5-13(18)6-8-14/h5-10,15H,2-4,11-12H2,1H3. The second-order valence-electron chi connectivity index (χ2n) is 5.55. The van der Waals surface area contributed by atoms with Gasteiger partial charge in [-0.15, -0.1) is 0 Å². The topological polar surface area (TPSA) is 38.2 Å². The summed E-state index contributed by atoms with van der Waals surface area (Å²) in [5.74, 6) is 1.46. The van der Waals surface area contributed by atoms with Crippen LogP contribution in [0.4, 0.5) is 10.3 Å². The molecule has 1 saturated heterocycles. The lowest BCUT2D eigenvalue weighted by atomic mass is 10.2. The van der Waals surface area contributed by atoms with Crippen molar-refractivity contribution >= 4 is 17.7 Å². The monoisotopic (exact) mass is 333 g/mol. The van der Waals surface area contributed by atoms with E-state index in [0.717, 1.165) is 19.5 Å². The van der Waals surface area contributed by atoms with Gasteiger partial charge in [0.25, 0.3) is 0 Å². The number of hydrogen-bond acceptors (Lipinski definition) is 5. The molecule has 2 heterocycles. The molecular formula is C17H20FN3OS. The third kappa shape index (κ3) is 4.34. The van der Waals surface area contributed by atoms with Crippen LogP contribution in [-0.4, -0.2) is 34.6 Å². The van der Waals surface area contributed by atoms with Crippen LogP contribution in [0.5, 0.6) is 11.6 Å². The number of rotatable bonds is 4. The molecule has 4 nitrogen and oxygen atoms in total. The van der Waals surface area contributed by atoms with Gasteiger partial charge in [-0.3, -0.25) is 0 Å². The van der Waals surface area contributed by atoms with Gasteiger partial charge >= 0.3 is 0 Å². The molecule has 1 aromatic carbocycles. The van der Waals surface area contributed by atoms with Crippen molar-refractivity contribution in [3.05, 3.63) is 42.3 Å². The molecule has 0 N–H and O–H groups in total. The highest BCUT2D eigenvalue weighted by molar-refractivity contribution is 7.99. The first kappa shape index (κ1) is 16.1. The third-order valence-corrected chi connectivity index (χ3v) is 4.95. The zero-order valence-electron chi connectivity index (χ0n) is 13.1. The van der Waals surface area contributed by atoms with Gasteiger partial charge in [-0.2, -0.15) is 16.7 Å². The minimum absolute atomic E-state index is 0.284. The van der Waals surface area contributed by atoms with Gasteiger partial charge in [-0.05, 0) is 43.4 Å². The summed E-state index contributed by atoms with van der Waals surface area (Å²) in [4.78, 5) is 11.1. The minimum atomic E-state index is -0.284. The van der Waals surface area contributed by atoms with E-state index in [2.05, 4.69) is 21.1 Å². The van der Waals surface area contributed by atoms with Crippen molar-refractivity contribution in [3.63, 3.8) is 0 Å². The Hall–Kier alpha value is -1.82. The number of ether oxygens (including phenoxy) is 1. The molecule has 6 heteroatoms. The van der Waals surface area contributed by atoms with Gasteiger partial charge in [0.15, 0.2) is 0 Å². The van der Waals surface area contributed by atoms with Gasteiger partial charge in [0.05, 0.1) is 0 Å². The first-order valence-electron chi connectivity index (χ1n) is 7.79. The van der Waals surface area contributed by atoms with Crippen LogP contribution in [-0.2, 0) is 0 Å². The van der Waals surface area contributed by atoms with Crippen LogP contribution in [0.2, 0.25) is 0 Å². The zero-order valence-corrected chi connectivity index (χ0v) is 13.9. The summed E-state index contributed by atoms with van der Waals surface area (Å²) >= 11 is 1.90. The second kappa shape index (κ2) is 7.64. The maximum Gasteiger partial charge on any atom is 0.228 e. The fourth-order valence-corrected chi connectivity index (χ4v) is 3.37. The largest absolute Gasteiger partial charge is 0.439 e. The molecule has 0 bridgehead atoms. The SMILES string of the molecule is CSC1CCCCN(c2nccc(Oc3ccc(F)cc3)n2)C1. The van der Waals surface area contributed by atoms with Gasteiger partial charge in [0.2, 0.25) is 11.8 Å². The summed E-state index contributed by atoms with van der Waals surface area (Å²) in [5, 5.41) is 0.614. The number of hydrogen-bond donors (Lipinski definition) is 0. The number of anilines is 1. The van der Waals surface area contributed by atoms with E-state index in [4.69, 9.17) is 4.74 Å². The van der Waals surface area contributed by atoms with E-state index in [-0.39, 0.29) is 5.82 Å². The maximum absolute atomic E-state index is 13.0. The molecule has 0 saturated carbocycles. The zero-order chi connectivity index (χ0) is 16.1. The number of aromatic nitrogens is 2. The van der Waals surface area contributed by atoms with E-state index in [0.29, 0.717) is 22.8 Å². The summed E-state index contributed by atoms with van der Waals surface area (Å²) in [6.07, 6.45) is 7.50. The summed E-state index contributed by atoms with van der Waals surface area (Å²) in [5.41, 5.74) is 0. The van der Waals surface area contributed by atoms with Crippen LogP contribution in [0.1, 0.15) is 19.3 Å². The highest BCUT2D eigenvalue weighted by Crippen LogP contribution is 2.25. The fourth-order valence-electron chi connectivity index (χ4n) is 2.64. The summed E-state index contributed by atoms with van der Waals surface area (Å²) < 4.78 is 18.7. The Morgan fingerprint density at radius 3 is 2.83 bits per heavy atom. The second-order valence-corrected chi connectivity index (χ2v) is 6.69. The van der Waals surface area contributed by atoms with Crippen molar-refractivity contribution < 1.29 is 9.13 Å². The predicted molar refractivity (Wildman–Crippen MR) is 91.9 cm³/mol. The van der Waals surface area contributed by atoms with Crippen molar-refractivity contribution in [1.29, 1.82) is 0 Å². The lowest BCUT2D eigenvalue weighted by Crippen LogP contribution is -2.30. The molecule has 0 spiro atoms. The van der Waals surface area contributed by atoms with Crippen LogP contribution >= 0.6 is 11.8 Å². The first-order chi connectivity index (χ1) is 11.2. The Labute approximate surface area is 140 Å². The number of nitrogens with zero attached hydrogens (tertiary/aromatic N) is 3. The highest BCUT2D eigenvalue weighted by Gasteiger charge is 2.19. The van der Waals surface area contributed by atoms with Gasteiger partial charge in [0, 0.05) is 30.6 Å². The molecule has 122 valence electrons. The van der Waals surface area contributed by atoms with Gasteiger partial charge in [0.1, 0.15) is 11.6 Å². The average Bonchev–Trinajstić information content (AvgIpc) is 2.83. The Bertz CT molecular complexity index is 638. The molecule has 1 fully saturated rings. The lowest BCUT2D eigenvalue weighted by Gasteiger charge is -2.23. The Morgan fingerprint density at radius 1 is 1.22 bits per heavy atom. The smallest absolute Gasteiger partial charge is 0.228 e. The molecular weight excluding hydrogens is 313 g/mol. The van der Waals surface area contributed by atoms with Crippen LogP contribution in [0.15, 0.2) is 36.5 Å². The van der Waals surface area contributed by atoms with Crippen molar-refractivity contribution in [2.75, 3.05) is 24.2 Å². The molecule has 1 atom stereocenters. The Balaban J connectivity index is 1.74. The van der Waals surface area contributed by atoms with Crippen molar-refractivity contribution in [2.24, 2.45) is 0 Å². The normalized spacial score (nSPS) is 18.5. The van der Waals surface area contributed by atoms with Crippen molar-refractivity contribution in [3.8, 4) is 11.6 Å². The number of thioether (sulfide) groups is 1. The third-order valence-electron chi connectivity index (χ3n) is 3.90. The van der Waals surface area contributed by atoms with Crippen molar-refractivity contribution in [1.82, 2.24) is 9.97 Å². The number of halogens is 1. The quantitative estimate of drug-likeness (QED) is 0.841. The van der Waals surface area contributed by atoms with Crippen LogP contribution in [0, 0.1) is 5.82 Å². The summed E-state index contributed by atoms with van der Waals surface area (Å²) in [7, 11) is 0. The summed E-state index contributed by atoms with van der Waals surface area (Å²) in [6, 6.07) is 7.64. The van der Waals surface area contributed by atoms with E-state index in [1.807, 2.05) is 11.8 Å². The molecule has 0 aliphatic carbocycles. The maximum atomic E-state index is 13.0.